The largest absolute Gasteiger partial charge is 0.313 e. The van der Waals surface area contributed by atoms with Gasteiger partial charge in [-0.15, -0.1) is 0 Å². The maximum Gasteiger partial charge on any atom is 0.0705 e. The molecular formula is C18H24N2. The summed E-state index contributed by atoms with van der Waals surface area (Å²) in [4.78, 5) is 4.49. The fourth-order valence-electron chi connectivity index (χ4n) is 3.69. The Morgan fingerprint density at radius 3 is 2.60 bits per heavy atom. The van der Waals surface area contributed by atoms with Crippen molar-refractivity contribution in [2.24, 2.45) is 5.92 Å². The van der Waals surface area contributed by atoms with E-state index < -0.39 is 0 Å². The van der Waals surface area contributed by atoms with Gasteiger partial charge in [0.05, 0.1) is 5.52 Å². The molecule has 0 bridgehead atoms. The van der Waals surface area contributed by atoms with Gasteiger partial charge >= 0.3 is 0 Å². The van der Waals surface area contributed by atoms with E-state index in [1.54, 1.807) is 0 Å². The van der Waals surface area contributed by atoms with Gasteiger partial charge in [-0.05, 0) is 43.5 Å². The zero-order valence-corrected chi connectivity index (χ0v) is 12.3. The summed E-state index contributed by atoms with van der Waals surface area (Å²) in [7, 11) is 2.10. The summed E-state index contributed by atoms with van der Waals surface area (Å²) in [6.45, 7) is 0. The van der Waals surface area contributed by atoms with Crippen LogP contribution in [0.25, 0.3) is 10.9 Å². The monoisotopic (exact) mass is 268 g/mol. The third-order valence-electron chi connectivity index (χ3n) is 4.70. The van der Waals surface area contributed by atoms with Gasteiger partial charge < -0.3 is 5.32 Å². The molecule has 2 aromatic rings. The Bertz CT molecular complexity index is 551. The second-order valence-corrected chi connectivity index (χ2v) is 5.94. The summed E-state index contributed by atoms with van der Waals surface area (Å²) in [6.07, 6.45) is 10.2. The molecule has 1 aliphatic carbocycles. The lowest BCUT2D eigenvalue weighted by atomic mass is 9.85. The van der Waals surface area contributed by atoms with Crippen LogP contribution in [-0.4, -0.2) is 12.0 Å². The maximum absolute atomic E-state index is 4.49. The van der Waals surface area contributed by atoms with Gasteiger partial charge in [-0.2, -0.15) is 0 Å². The van der Waals surface area contributed by atoms with Crippen LogP contribution in [0.15, 0.2) is 36.5 Å². The van der Waals surface area contributed by atoms with E-state index in [0.717, 1.165) is 11.4 Å². The third kappa shape index (κ3) is 2.71. The Kier molecular flexibility index (Phi) is 4.31. The lowest BCUT2D eigenvalue weighted by Gasteiger charge is -2.27. The normalized spacial score (nSPS) is 18.9. The number of nitrogens with one attached hydrogen (secondary N) is 1. The van der Waals surface area contributed by atoms with Crippen molar-refractivity contribution >= 4 is 10.9 Å². The van der Waals surface area contributed by atoms with Gasteiger partial charge in [0.1, 0.15) is 0 Å². The molecule has 1 saturated carbocycles. The Balaban J connectivity index is 1.98. The molecule has 0 amide bonds. The molecule has 0 aliphatic heterocycles. The van der Waals surface area contributed by atoms with E-state index in [4.69, 9.17) is 0 Å². The fraction of sp³-hybridized carbons (Fsp3) is 0.500. The standard InChI is InChI=1S/C18H24N2/c1-19-18(14-8-4-2-3-5-9-14)16-10-6-12-17-15(16)11-7-13-20-17/h6-7,10-14,18-19H,2-5,8-9H2,1H3. The highest BCUT2D eigenvalue weighted by Crippen LogP contribution is 2.35. The predicted molar refractivity (Wildman–Crippen MR) is 84.7 cm³/mol. The molecule has 0 spiro atoms. The van der Waals surface area contributed by atoms with Crippen molar-refractivity contribution in [2.75, 3.05) is 7.05 Å². The van der Waals surface area contributed by atoms with Gasteiger partial charge in [0.2, 0.25) is 0 Å². The molecule has 20 heavy (non-hydrogen) atoms. The molecular weight excluding hydrogens is 244 g/mol. The number of benzene rings is 1. The van der Waals surface area contributed by atoms with Gasteiger partial charge in [-0.3, -0.25) is 4.98 Å². The summed E-state index contributed by atoms with van der Waals surface area (Å²) < 4.78 is 0. The van der Waals surface area contributed by atoms with E-state index in [2.05, 4.69) is 41.6 Å². The van der Waals surface area contributed by atoms with E-state index in [0.29, 0.717) is 6.04 Å². The first-order chi connectivity index (χ1) is 9.90. The van der Waals surface area contributed by atoms with E-state index >= 15 is 0 Å². The van der Waals surface area contributed by atoms with E-state index in [9.17, 15) is 0 Å². The smallest absolute Gasteiger partial charge is 0.0705 e. The van der Waals surface area contributed by atoms with Gasteiger partial charge in [0, 0.05) is 17.6 Å². The number of aromatic nitrogens is 1. The minimum atomic E-state index is 0.459. The first kappa shape index (κ1) is 13.6. The van der Waals surface area contributed by atoms with Gasteiger partial charge in [-0.1, -0.05) is 43.9 Å². The van der Waals surface area contributed by atoms with Crippen molar-refractivity contribution in [3.63, 3.8) is 0 Å². The van der Waals surface area contributed by atoms with E-state index in [-0.39, 0.29) is 0 Å². The van der Waals surface area contributed by atoms with E-state index in [1.165, 1.54) is 49.5 Å². The molecule has 2 heteroatoms. The molecule has 3 rings (SSSR count). The van der Waals surface area contributed by atoms with Gasteiger partial charge in [-0.25, -0.2) is 0 Å². The third-order valence-corrected chi connectivity index (χ3v) is 4.70. The van der Waals surface area contributed by atoms with Crippen LogP contribution >= 0.6 is 0 Å². The Morgan fingerprint density at radius 1 is 1.05 bits per heavy atom. The van der Waals surface area contributed by atoms with Crippen molar-refractivity contribution in [3.05, 3.63) is 42.1 Å². The fourth-order valence-corrected chi connectivity index (χ4v) is 3.69. The molecule has 1 N–H and O–H groups in total. The van der Waals surface area contributed by atoms with E-state index in [1.807, 2.05) is 12.3 Å². The molecule has 1 heterocycles. The number of nitrogens with zero attached hydrogens (tertiary/aromatic N) is 1. The second-order valence-electron chi connectivity index (χ2n) is 5.94. The van der Waals surface area contributed by atoms with Gasteiger partial charge in [0.25, 0.3) is 0 Å². The molecule has 0 radical (unpaired) electrons. The average Bonchev–Trinajstić information content (AvgIpc) is 2.78. The lowest BCUT2D eigenvalue weighted by Crippen LogP contribution is -2.25. The van der Waals surface area contributed by atoms with Crippen LogP contribution in [0, 0.1) is 5.92 Å². The minimum absolute atomic E-state index is 0.459. The lowest BCUT2D eigenvalue weighted by molar-refractivity contribution is 0.343. The number of hydrogen-bond acceptors (Lipinski definition) is 2. The van der Waals surface area contributed by atoms with Crippen LogP contribution in [0.1, 0.15) is 50.1 Å². The van der Waals surface area contributed by atoms with Crippen LogP contribution in [0.5, 0.6) is 0 Å². The molecule has 1 unspecified atom stereocenters. The topological polar surface area (TPSA) is 24.9 Å². The van der Waals surface area contributed by atoms with Crippen LogP contribution in [0.4, 0.5) is 0 Å². The molecule has 0 saturated heterocycles. The predicted octanol–water partition coefficient (Wildman–Crippen LogP) is 4.47. The van der Waals surface area contributed by atoms with Crippen molar-refractivity contribution < 1.29 is 0 Å². The highest BCUT2D eigenvalue weighted by atomic mass is 14.9. The highest BCUT2D eigenvalue weighted by Gasteiger charge is 2.24. The first-order valence-corrected chi connectivity index (χ1v) is 7.91. The Hall–Kier alpha value is -1.41. The maximum atomic E-state index is 4.49. The summed E-state index contributed by atoms with van der Waals surface area (Å²) in [5, 5.41) is 4.88. The molecule has 1 aromatic carbocycles. The van der Waals surface area contributed by atoms with Crippen molar-refractivity contribution in [2.45, 2.75) is 44.6 Å². The quantitative estimate of drug-likeness (QED) is 0.831. The summed E-state index contributed by atoms with van der Waals surface area (Å²) in [5.74, 6) is 0.758. The molecule has 106 valence electrons. The van der Waals surface area contributed by atoms with Crippen molar-refractivity contribution in [3.8, 4) is 0 Å². The average molecular weight is 268 g/mol. The zero-order valence-electron chi connectivity index (χ0n) is 12.3. The summed E-state index contributed by atoms with van der Waals surface area (Å²) >= 11 is 0. The first-order valence-electron chi connectivity index (χ1n) is 7.91. The second kappa shape index (κ2) is 6.36. The highest BCUT2D eigenvalue weighted by molar-refractivity contribution is 5.82. The number of rotatable bonds is 3. The Morgan fingerprint density at radius 2 is 1.85 bits per heavy atom. The van der Waals surface area contributed by atoms with Crippen molar-refractivity contribution in [1.82, 2.24) is 10.3 Å². The number of fused-ring (bicyclic) bond motifs is 1. The molecule has 1 aromatic heterocycles. The molecule has 1 fully saturated rings. The SMILES string of the molecule is CNC(c1cccc2ncccc12)C1CCCCCC1. The van der Waals surface area contributed by atoms with Crippen LogP contribution in [0.3, 0.4) is 0 Å². The summed E-state index contributed by atoms with van der Waals surface area (Å²) in [5.41, 5.74) is 2.53. The minimum Gasteiger partial charge on any atom is -0.313 e. The van der Waals surface area contributed by atoms with Crippen LogP contribution in [0.2, 0.25) is 0 Å². The zero-order chi connectivity index (χ0) is 13.8. The van der Waals surface area contributed by atoms with Gasteiger partial charge in [0.15, 0.2) is 0 Å². The van der Waals surface area contributed by atoms with Crippen molar-refractivity contribution in [1.29, 1.82) is 0 Å². The van der Waals surface area contributed by atoms with Crippen LogP contribution in [-0.2, 0) is 0 Å². The molecule has 1 aliphatic rings. The number of hydrogen-bond donors (Lipinski definition) is 1. The molecule has 2 nitrogen and oxygen atoms in total. The van der Waals surface area contributed by atoms with Crippen LogP contribution < -0.4 is 5.32 Å². The number of pyridine rings is 1. The summed E-state index contributed by atoms with van der Waals surface area (Å²) in [6, 6.07) is 11.2. The molecule has 1 atom stereocenters. The Labute approximate surface area is 121 Å².